The van der Waals surface area contributed by atoms with Crippen molar-refractivity contribution in [1.29, 1.82) is 0 Å². The SMILES string of the molecule is CCN(CCC(=O)OC)Cc1ccc(C(C)(C)C)cc1. The monoisotopic (exact) mass is 277 g/mol. The average molecular weight is 277 g/mol. The third kappa shape index (κ3) is 5.33. The van der Waals surface area contributed by atoms with Gasteiger partial charge in [0.2, 0.25) is 0 Å². The molecule has 0 aromatic heterocycles. The van der Waals surface area contributed by atoms with Crippen molar-refractivity contribution in [3.8, 4) is 0 Å². The minimum absolute atomic E-state index is 0.147. The Labute approximate surface area is 122 Å². The number of methoxy groups -OCH3 is 1. The molecule has 0 saturated heterocycles. The summed E-state index contributed by atoms with van der Waals surface area (Å²) in [6, 6.07) is 8.76. The first-order chi connectivity index (χ1) is 9.36. The number of rotatable bonds is 6. The van der Waals surface area contributed by atoms with Gasteiger partial charge in [-0.2, -0.15) is 0 Å². The molecule has 0 spiro atoms. The summed E-state index contributed by atoms with van der Waals surface area (Å²) >= 11 is 0. The second-order valence-corrected chi connectivity index (χ2v) is 6.14. The van der Waals surface area contributed by atoms with Crippen LogP contribution in [0.3, 0.4) is 0 Å². The summed E-state index contributed by atoms with van der Waals surface area (Å²) in [5.74, 6) is -0.147. The number of hydrogen-bond acceptors (Lipinski definition) is 3. The third-order valence-corrected chi connectivity index (χ3v) is 3.53. The summed E-state index contributed by atoms with van der Waals surface area (Å²) in [5, 5.41) is 0. The largest absolute Gasteiger partial charge is 0.469 e. The van der Waals surface area contributed by atoms with E-state index >= 15 is 0 Å². The highest BCUT2D eigenvalue weighted by Crippen LogP contribution is 2.22. The molecule has 0 unspecified atom stereocenters. The first kappa shape index (κ1) is 16.7. The summed E-state index contributed by atoms with van der Waals surface area (Å²) in [4.78, 5) is 13.4. The van der Waals surface area contributed by atoms with Gasteiger partial charge in [-0.15, -0.1) is 0 Å². The van der Waals surface area contributed by atoms with Crippen molar-refractivity contribution in [1.82, 2.24) is 4.90 Å². The maximum Gasteiger partial charge on any atom is 0.306 e. The molecule has 1 rings (SSSR count). The molecule has 0 heterocycles. The van der Waals surface area contributed by atoms with Crippen LogP contribution in [0.4, 0.5) is 0 Å². The van der Waals surface area contributed by atoms with Crippen LogP contribution >= 0.6 is 0 Å². The first-order valence-corrected chi connectivity index (χ1v) is 7.25. The maximum atomic E-state index is 11.2. The number of nitrogens with zero attached hydrogens (tertiary/aromatic N) is 1. The molecule has 20 heavy (non-hydrogen) atoms. The van der Waals surface area contributed by atoms with Crippen LogP contribution in [-0.4, -0.2) is 31.1 Å². The van der Waals surface area contributed by atoms with Gasteiger partial charge < -0.3 is 4.74 Å². The van der Waals surface area contributed by atoms with E-state index in [0.29, 0.717) is 6.42 Å². The van der Waals surface area contributed by atoms with Crippen LogP contribution in [0.25, 0.3) is 0 Å². The van der Waals surface area contributed by atoms with Gasteiger partial charge in [-0.1, -0.05) is 52.0 Å². The highest BCUT2D eigenvalue weighted by Gasteiger charge is 2.13. The van der Waals surface area contributed by atoms with E-state index in [4.69, 9.17) is 0 Å². The minimum Gasteiger partial charge on any atom is -0.469 e. The highest BCUT2D eigenvalue weighted by atomic mass is 16.5. The second kappa shape index (κ2) is 7.44. The van der Waals surface area contributed by atoms with Crippen molar-refractivity contribution in [2.75, 3.05) is 20.2 Å². The molecule has 112 valence electrons. The fourth-order valence-corrected chi connectivity index (χ4v) is 2.07. The molecule has 0 saturated carbocycles. The molecule has 0 aliphatic rings. The quantitative estimate of drug-likeness (QED) is 0.747. The van der Waals surface area contributed by atoms with E-state index in [1.54, 1.807) is 0 Å². The summed E-state index contributed by atoms with van der Waals surface area (Å²) in [7, 11) is 1.43. The maximum absolute atomic E-state index is 11.2. The Bertz CT molecular complexity index is 418. The number of ether oxygens (including phenoxy) is 1. The normalized spacial score (nSPS) is 11.7. The van der Waals surface area contributed by atoms with Crippen molar-refractivity contribution >= 4 is 5.97 Å². The van der Waals surface area contributed by atoms with Gasteiger partial charge in [-0.25, -0.2) is 0 Å². The Morgan fingerprint density at radius 1 is 1.20 bits per heavy atom. The van der Waals surface area contributed by atoms with E-state index in [1.165, 1.54) is 18.2 Å². The fourth-order valence-electron chi connectivity index (χ4n) is 2.07. The van der Waals surface area contributed by atoms with Crippen LogP contribution < -0.4 is 0 Å². The lowest BCUT2D eigenvalue weighted by Gasteiger charge is -2.22. The Morgan fingerprint density at radius 3 is 2.25 bits per heavy atom. The molecular formula is C17H27NO2. The van der Waals surface area contributed by atoms with E-state index in [1.807, 2.05) is 0 Å². The van der Waals surface area contributed by atoms with Gasteiger partial charge >= 0.3 is 5.97 Å². The predicted molar refractivity (Wildman–Crippen MR) is 82.7 cm³/mol. The van der Waals surface area contributed by atoms with Crippen LogP contribution in [0.1, 0.15) is 45.2 Å². The zero-order valence-electron chi connectivity index (χ0n) is 13.4. The lowest BCUT2D eigenvalue weighted by Crippen LogP contribution is -2.26. The minimum atomic E-state index is -0.147. The summed E-state index contributed by atoms with van der Waals surface area (Å²) in [6.45, 7) is 11.3. The van der Waals surface area contributed by atoms with Crippen LogP contribution in [-0.2, 0) is 21.5 Å². The lowest BCUT2D eigenvalue weighted by molar-refractivity contribution is -0.141. The Morgan fingerprint density at radius 2 is 1.80 bits per heavy atom. The van der Waals surface area contributed by atoms with Gasteiger partial charge in [-0.3, -0.25) is 9.69 Å². The van der Waals surface area contributed by atoms with Crippen molar-refractivity contribution in [3.05, 3.63) is 35.4 Å². The Kier molecular flexibility index (Phi) is 6.21. The van der Waals surface area contributed by atoms with Gasteiger partial charge in [-0.05, 0) is 23.1 Å². The molecule has 0 atom stereocenters. The van der Waals surface area contributed by atoms with Crippen LogP contribution in [0, 0.1) is 0 Å². The standard InChI is InChI=1S/C17H27NO2/c1-6-18(12-11-16(19)20-5)13-14-7-9-15(10-8-14)17(2,3)4/h7-10H,6,11-13H2,1-5H3. The van der Waals surface area contributed by atoms with Crippen LogP contribution in [0.2, 0.25) is 0 Å². The van der Waals surface area contributed by atoms with Gasteiger partial charge in [0.15, 0.2) is 0 Å². The summed E-state index contributed by atoms with van der Waals surface area (Å²) in [6.07, 6.45) is 0.449. The van der Waals surface area contributed by atoms with Crippen LogP contribution in [0.5, 0.6) is 0 Å². The van der Waals surface area contributed by atoms with E-state index in [0.717, 1.165) is 19.6 Å². The number of carbonyl (C=O) groups is 1. The first-order valence-electron chi connectivity index (χ1n) is 7.25. The molecule has 0 bridgehead atoms. The van der Waals surface area contributed by atoms with Crippen molar-refractivity contribution in [2.24, 2.45) is 0 Å². The zero-order valence-corrected chi connectivity index (χ0v) is 13.4. The molecule has 1 aromatic rings. The van der Waals surface area contributed by atoms with Gasteiger partial charge in [0.25, 0.3) is 0 Å². The third-order valence-electron chi connectivity index (χ3n) is 3.53. The number of benzene rings is 1. The Balaban J connectivity index is 2.59. The summed E-state index contributed by atoms with van der Waals surface area (Å²) in [5.41, 5.74) is 2.82. The molecule has 0 aliphatic carbocycles. The predicted octanol–water partition coefficient (Wildman–Crippen LogP) is 3.37. The fraction of sp³-hybridized carbons (Fsp3) is 0.588. The molecule has 0 aliphatic heterocycles. The Hall–Kier alpha value is -1.35. The topological polar surface area (TPSA) is 29.5 Å². The molecule has 0 N–H and O–H groups in total. The number of esters is 1. The molecule has 0 fully saturated rings. The highest BCUT2D eigenvalue weighted by molar-refractivity contribution is 5.69. The van der Waals surface area contributed by atoms with Crippen molar-refractivity contribution in [2.45, 2.75) is 46.1 Å². The molecule has 0 radical (unpaired) electrons. The lowest BCUT2D eigenvalue weighted by atomic mass is 9.87. The van der Waals surface area contributed by atoms with Crippen LogP contribution in [0.15, 0.2) is 24.3 Å². The van der Waals surface area contributed by atoms with Crippen molar-refractivity contribution in [3.63, 3.8) is 0 Å². The van der Waals surface area contributed by atoms with Crippen molar-refractivity contribution < 1.29 is 9.53 Å². The molecule has 1 aromatic carbocycles. The van der Waals surface area contributed by atoms with Gasteiger partial charge in [0.05, 0.1) is 13.5 Å². The molecule has 3 heteroatoms. The average Bonchev–Trinajstić information content (AvgIpc) is 2.42. The molecule has 0 amide bonds. The van der Waals surface area contributed by atoms with E-state index in [2.05, 4.69) is 61.6 Å². The second-order valence-electron chi connectivity index (χ2n) is 6.14. The molecular weight excluding hydrogens is 250 g/mol. The van der Waals surface area contributed by atoms with E-state index < -0.39 is 0 Å². The van der Waals surface area contributed by atoms with E-state index in [9.17, 15) is 4.79 Å². The molecule has 3 nitrogen and oxygen atoms in total. The van der Waals surface area contributed by atoms with E-state index in [-0.39, 0.29) is 11.4 Å². The number of hydrogen-bond donors (Lipinski definition) is 0. The van der Waals surface area contributed by atoms with Gasteiger partial charge in [0, 0.05) is 13.1 Å². The van der Waals surface area contributed by atoms with Gasteiger partial charge in [0.1, 0.15) is 0 Å². The smallest absolute Gasteiger partial charge is 0.306 e. The number of carbonyl (C=O) groups excluding carboxylic acids is 1. The summed E-state index contributed by atoms with van der Waals surface area (Å²) < 4.78 is 4.68. The zero-order chi connectivity index (χ0) is 15.2.